The highest BCUT2D eigenvalue weighted by Gasteiger charge is 2.62. The van der Waals surface area contributed by atoms with E-state index in [-0.39, 0.29) is 10.8 Å². The van der Waals surface area contributed by atoms with Crippen molar-refractivity contribution in [1.82, 2.24) is 0 Å². The van der Waals surface area contributed by atoms with Gasteiger partial charge in [0.05, 0.1) is 5.60 Å². The quantitative estimate of drug-likeness (QED) is 0.691. The molecule has 0 aromatic rings. The summed E-state index contributed by atoms with van der Waals surface area (Å²) in [6.45, 7) is 10.9. The summed E-state index contributed by atoms with van der Waals surface area (Å²) in [4.78, 5) is 12.1. The normalized spacial score (nSPS) is 47.4. The molecule has 2 heteroatoms. The van der Waals surface area contributed by atoms with Crippen LogP contribution in [0.5, 0.6) is 0 Å². The topological polar surface area (TPSA) is 37.3 Å². The maximum atomic E-state index is 12.1. The molecule has 0 saturated heterocycles. The Morgan fingerprint density at radius 2 is 2.12 bits per heavy atom. The van der Waals surface area contributed by atoms with E-state index in [0.29, 0.717) is 30.0 Å². The minimum Gasteiger partial charge on any atom is -0.389 e. The molecule has 0 radical (unpaired) electrons. The van der Waals surface area contributed by atoms with Crippen molar-refractivity contribution < 1.29 is 9.90 Å². The van der Waals surface area contributed by atoms with Gasteiger partial charge in [0.25, 0.3) is 0 Å². The SMILES string of the molecule is C=CCC1CC2=CC(=O)CC[C@]2(C)C2=CC[C@@]3(C)[C@@H](CC[C@]3(O)CC)[C@@H]21. The average molecular weight is 355 g/mol. The standard InChI is InChI=1S/C24H34O2/c1-5-7-16-14-17-15-18(25)8-11-22(17,3)19-9-12-23(4)20(21(16)19)10-13-24(23,26)6-2/h5,9,15-16,20-21,26H,1,6-8,10-14H2,2-4H3/t16?,20-,21+,22-,23-,24+/m0/s1. The Kier molecular flexibility index (Phi) is 4.15. The van der Waals surface area contributed by atoms with Gasteiger partial charge in [-0.3, -0.25) is 4.79 Å². The molecule has 2 saturated carbocycles. The van der Waals surface area contributed by atoms with Crippen molar-refractivity contribution in [2.45, 2.75) is 77.7 Å². The first-order valence-corrected chi connectivity index (χ1v) is 10.6. The van der Waals surface area contributed by atoms with Crippen LogP contribution in [-0.4, -0.2) is 16.5 Å². The third kappa shape index (κ3) is 2.24. The summed E-state index contributed by atoms with van der Waals surface area (Å²) in [6.07, 6.45) is 14.0. The van der Waals surface area contributed by atoms with Crippen molar-refractivity contribution in [2.75, 3.05) is 0 Å². The van der Waals surface area contributed by atoms with Gasteiger partial charge in [-0.05, 0) is 68.8 Å². The van der Waals surface area contributed by atoms with Crippen LogP contribution in [0.15, 0.2) is 36.0 Å². The van der Waals surface area contributed by atoms with Crippen LogP contribution in [0.4, 0.5) is 0 Å². The van der Waals surface area contributed by atoms with E-state index in [0.717, 1.165) is 44.9 Å². The lowest BCUT2D eigenvalue weighted by atomic mass is 9.48. The predicted molar refractivity (Wildman–Crippen MR) is 106 cm³/mol. The lowest BCUT2D eigenvalue weighted by Crippen LogP contribution is -2.52. The molecule has 0 aromatic carbocycles. The van der Waals surface area contributed by atoms with Gasteiger partial charge in [-0.25, -0.2) is 0 Å². The molecule has 0 spiro atoms. The van der Waals surface area contributed by atoms with E-state index in [1.54, 1.807) is 5.57 Å². The lowest BCUT2D eigenvalue weighted by molar-refractivity contribution is -0.116. The molecule has 0 aromatic heterocycles. The van der Waals surface area contributed by atoms with Crippen LogP contribution in [0.3, 0.4) is 0 Å². The summed E-state index contributed by atoms with van der Waals surface area (Å²) in [5.74, 6) is 1.90. The Bertz CT molecular complexity index is 701. The zero-order valence-electron chi connectivity index (χ0n) is 16.7. The first kappa shape index (κ1) is 18.2. The number of allylic oxidation sites excluding steroid dienone is 5. The van der Waals surface area contributed by atoms with Crippen LogP contribution < -0.4 is 0 Å². The minimum absolute atomic E-state index is 0.0165. The Morgan fingerprint density at radius 3 is 2.81 bits per heavy atom. The smallest absolute Gasteiger partial charge is 0.155 e. The first-order valence-electron chi connectivity index (χ1n) is 10.6. The molecule has 4 aliphatic carbocycles. The fourth-order valence-corrected chi connectivity index (χ4v) is 7.12. The van der Waals surface area contributed by atoms with Gasteiger partial charge in [0.1, 0.15) is 0 Å². The predicted octanol–water partition coefficient (Wildman–Crippen LogP) is 5.38. The number of hydrogen-bond acceptors (Lipinski definition) is 2. The zero-order valence-corrected chi connectivity index (χ0v) is 16.7. The number of ketones is 1. The minimum atomic E-state index is -0.530. The molecule has 142 valence electrons. The van der Waals surface area contributed by atoms with Crippen molar-refractivity contribution in [3.8, 4) is 0 Å². The first-order chi connectivity index (χ1) is 12.3. The van der Waals surface area contributed by atoms with Crippen LogP contribution in [-0.2, 0) is 4.79 Å². The van der Waals surface area contributed by atoms with Crippen LogP contribution in [0, 0.1) is 28.6 Å². The molecular formula is C24H34O2. The number of carbonyl (C=O) groups excluding carboxylic acids is 1. The molecule has 2 nitrogen and oxygen atoms in total. The molecule has 0 aliphatic heterocycles. The summed E-state index contributed by atoms with van der Waals surface area (Å²) in [5, 5.41) is 11.4. The van der Waals surface area contributed by atoms with Gasteiger partial charge in [-0.1, -0.05) is 44.1 Å². The van der Waals surface area contributed by atoms with Crippen molar-refractivity contribution in [1.29, 1.82) is 0 Å². The molecule has 0 heterocycles. The fraction of sp³-hybridized carbons (Fsp3) is 0.708. The average Bonchev–Trinajstić information content (AvgIpc) is 2.89. The van der Waals surface area contributed by atoms with E-state index >= 15 is 0 Å². The molecule has 4 aliphatic rings. The second kappa shape index (κ2) is 5.92. The number of aliphatic hydroxyl groups is 1. The molecule has 26 heavy (non-hydrogen) atoms. The maximum Gasteiger partial charge on any atom is 0.155 e. The van der Waals surface area contributed by atoms with Gasteiger partial charge in [-0.15, -0.1) is 6.58 Å². The summed E-state index contributed by atoms with van der Waals surface area (Å²) < 4.78 is 0. The second-order valence-corrected chi connectivity index (χ2v) is 9.79. The van der Waals surface area contributed by atoms with Gasteiger partial charge in [0, 0.05) is 17.3 Å². The number of carbonyl (C=O) groups is 1. The number of rotatable bonds is 3. The van der Waals surface area contributed by atoms with E-state index in [2.05, 4.69) is 39.5 Å². The van der Waals surface area contributed by atoms with E-state index < -0.39 is 5.60 Å². The third-order valence-electron chi connectivity index (χ3n) is 8.89. The van der Waals surface area contributed by atoms with Crippen LogP contribution in [0.2, 0.25) is 0 Å². The van der Waals surface area contributed by atoms with Crippen LogP contribution >= 0.6 is 0 Å². The lowest BCUT2D eigenvalue weighted by Gasteiger charge is -2.57. The van der Waals surface area contributed by atoms with E-state index in [4.69, 9.17) is 0 Å². The fourth-order valence-electron chi connectivity index (χ4n) is 7.12. The Labute approximate surface area is 158 Å². The van der Waals surface area contributed by atoms with E-state index in [9.17, 15) is 9.90 Å². The maximum absolute atomic E-state index is 12.1. The largest absolute Gasteiger partial charge is 0.389 e. The van der Waals surface area contributed by atoms with Crippen LogP contribution in [0.25, 0.3) is 0 Å². The third-order valence-corrected chi connectivity index (χ3v) is 8.89. The van der Waals surface area contributed by atoms with Crippen molar-refractivity contribution in [3.05, 3.63) is 36.0 Å². The van der Waals surface area contributed by atoms with Gasteiger partial charge in [0.2, 0.25) is 0 Å². The van der Waals surface area contributed by atoms with E-state index in [1.807, 2.05) is 6.08 Å². The molecule has 0 amide bonds. The highest BCUT2D eigenvalue weighted by Crippen LogP contribution is 2.67. The summed E-state index contributed by atoms with van der Waals surface area (Å²) in [6, 6.07) is 0. The van der Waals surface area contributed by atoms with Crippen molar-refractivity contribution in [3.63, 3.8) is 0 Å². The Balaban J connectivity index is 1.83. The Hall–Kier alpha value is -1.15. The molecule has 1 N–H and O–H groups in total. The monoisotopic (exact) mass is 354 g/mol. The summed E-state index contributed by atoms with van der Waals surface area (Å²) in [7, 11) is 0. The van der Waals surface area contributed by atoms with Gasteiger partial charge in [-0.2, -0.15) is 0 Å². The molecule has 4 rings (SSSR count). The summed E-state index contributed by atoms with van der Waals surface area (Å²) in [5.41, 5.74) is 2.45. The molecule has 1 unspecified atom stereocenters. The summed E-state index contributed by atoms with van der Waals surface area (Å²) >= 11 is 0. The van der Waals surface area contributed by atoms with Crippen LogP contribution in [0.1, 0.15) is 72.1 Å². The molecular weight excluding hydrogens is 320 g/mol. The van der Waals surface area contributed by atoms with Gasteiger partial charge in [0.15, 0.2) is 5.78 Å². The van der Waals surface area contributed by atoms with E-state index in [1.165, 1.54) is 5.57 Å². The molecule has 6 atom stereocenters. The molecule has 0 bridgehead atoms. The number of fused-ring (bicyclic) bond motifs is 5. The van der Waals surface area contributed by atoms with Crippen molar-refractivity contribution in [2.24, 2.45) is 28.6 Å². The van der Waals surface area contributed by atoms with Gasteiger partial charge < -0.3 is 5.11 Å². The number of hydrogen-bond donors (Lipinski definition) is 1. The van der Waals surface area contributed by atoms with Gasteiger partial charge >= 0.3 is 0 Å². The molecule has 2 fully saturated rings. The highest BCUT2D eigenvalue weighted by molar-refractivity contribution is 5.92. The highest BCUT2D eigenvalue weighted by atomic mass is 16.3. The Morgan fingerprint density at radius 1 is 1.35 bits per heavy atom. The second-order valence-electron chi connectivity index (χ2n) is 9.79. The van der Waals surface area contributed by atoms with Crippen molar-refractivity contribution >= 4 is 5.78 Å². The zero-order chi connectivity index (χ0) is 18.7.